The molecular formula is C22H24N2O4. The maximum absolute atomic E-state index is 12.7. The number of fused-ring (bicyclic) bond motifs is 1. The SMILES string of the molecule is CC(C(=O)Nc1ccc2c(c1)OCO2)N1CCC(C(=O)c2ccccc2)CC1. The van der Waals surface area contributed by atoms with E-state index in [9.17, 15) is 9.59 Å². The summed E-state index contributed by atoms with van der Waals surface area (Å²) < 4.78 is 10.6. The average Bonchev–Trinajstić information content (AvgIpc) is 3.21. The number of ketones is 1. The average molecular weight is 380 g/mol. The van der Waals surface area contributed by atoms with E-state index in [0.717, 1.165) is 31.5 Å². The van der Waals surface area contributed by atoms with Crippen LogP contribution in [-0.2, 0) is 4.79 Å². The number of piperidine rings is 1. The number of nitrogens with one attached hydrogen (secondary N) is 1. The van der Waals surface area contributed by atoms with Gasteiger partial charge in [0.05, 0.1) is 6.04 Å². The van der Waals surface area contributed by atoms with Gasteiger partial charge in [-0.1, -0.05) is 30.3 Å². The number of Topliss-reactive ketones (excluding diaryl/α,β-unsaturated/α-hetero) is 1. The Labute approximate surface area is 164 Å². The molecule has 1 amide bonds. The summed E-state index contributed by atoms with van der Waals surface area (Å²) in [6.07, 6.45) is 1.55. The van der Waals surface area contributed by atoms with Crippen molar-refractivity contribution in [2.45, 2.75) is 25.8 Å². The van der Waals surface area contributed by atoms with E-state index in [1.165, 1.54) is 0 Å². The van der Waals surface area contributed by atoms with Gasteiger partial charge in [-0.3, -0.25) is 14.5 Å². The molecule has 4 rings (SSSR count). The lowest BCUT2D eigenvalue weighted by Gasteiger charge is -2.34. The van der Waals surface area contributed by atoms with Crippen LogP contribution in [-0.4, -0.2) is 42.5 Å². The Balaban J connectivity index is 1.31. The van der Waals surface area contributed by atoms with Gasteiger partial charge in [0.2, 0.25) is 12.7 Å². The molecule has 0 spiro atoms. The molecule has 1 atom stereocenters. The first kappa shape index (κ1) is 18.5. The van der Waals surface area contributed by atoms with Crippen molar-refractivity contribution in [1.29, 1.82) is 0 Å². The molecule has 2 aromatic carbocycles. The number of hydrogen-bond donors (Lipinski definition) is 1. The van der Waals surface area contributed by atoms with E-state index < -0.39 is 0 Å². The van der Waals surface area contributed by atoms with E-state index in [1.807, 2.05) is 43.3 Å². The Kier molecular flexibility index (Phi) is 5.30. The first-order valence-corrected chi connectivity index (χ1v) is 9.65. The summed E-state index contributed by atoms with van der Waals surface area (Å²) >= 11 is 0. The van der Waals surface area contributed by atoms with Crippen molar-refractivity contribution in [3.05, 3.63) is 54.1 Å². The van der Waals surface area contributed by atoms with Crippen molar-refractivity contribution in [2.75, 3.05) is 25.2 Å². The predicted octanol–water partition coefficient (Wildman–Crippen LogP) is 3.34. The smallest absolute Gasteiger partial charge is 0.241 e. The number of hydrogen-bond acceptors (Lipinski definition) is 5. The van der Waals surface area contributed by atoms with Gasteiger partial charge in [0, 0.05) is 23.2 Å². The topological polar surface area (TPSA) is 67.9 Å². The fourth-order valence-electron chi connectivity index (χ4n) is 3.77. The number of ether oxygens (including phenoxy) is 2. The molecule has 1 fully saturated rings. The summed E-state index contributed by atoms with van der Waals surface area (Å²) in [5, 5.41) is 2.95. The summed E-state index contributed by atoms with van der Waals surface area (Å²) in [5.74, 6) is 1.51. The number of benzene rings is 2. The van der Waals surface area contributed by atoms with Crippen molar-refractivity contribution in [1.82, 2.24) is 4.90 Å². The largest absolute Gasteiger partial charge is 0.454 e. The van der Waals surface area contributed by atoms with E-state index in [0.29, 0.717) is 17.2 Å². The molecule has 0 saturated carbocycles. The third kappa shape index (κ3) is 3.87. The second-order valence-corrected chi connectivity index (χ2v) is 7.27. The molecule has 0 aliphatic carbocycles. The third-order valence-electron chi connectivity index (χ3n) is 5.53. The lowest BCUT2D eigenvalue weighted by Crippen LogP contribution is -2.47. The molecule has 6 nitrogen and oxygen atoms in total. The van der Waals surface area contributed by atoms with Crippen LogP contribution in [0.3, 0.4) is 0 Å². The highest BCUT2D eigenvalue weighted by atomic mass is 16.7. The van der Waals surface area contributed by atoms with Crippen molar-refractivity contribution in [3.8, 4) is 11.5 Å². The second-order valence-electron chi connectivity index (χ2n) is 7.27. The van der Waals surface area contributed by atoms with Gasteiger partial charge in [-0.2, -0.15) is 0 Å². The number of carbonyl (C=O) groups excluding carboxylic acids is 2. The molecular weight excluding hydrogens is 356 g/mol. The van der Waals surface area contributed by atoms with Gasteiger partial charge in [-0.05, 0) is 45.0 Å². The highest BCUT2D eigenvalue weighted by molar-refractivity contribution is 5.98. The van der Waals surface area contributed by atoms with Crippen LogP contribution in [0.15, 0.2) is 48.5 Å². The second kappa shape index (κ2) is 8.02. The Morgan fingerprint density at radius 2 is 1.75 bits per heavy atom. The van der Waals surface area contributed by atoms with E-state index in [2.05, 4.69) is 10.2 Å². The van der Waals surface area contributed by atoms with Gasteiger partial charge < -0.3 is 14.8 Å². The number of amides is 1. The van der Waals surface area contributed by atoms with E-state index in [1.54, 1.807) is 12.1 Å². The Bertz CT molecular complexity index is 860. The van der Waals surface area contributed by atoms with Crippen LogP contribution < -0.4 is 14.8 Å². The monoisotopic (exact) mass is 380 g/mol. The van der Waals surface area contributed by atoms with Crippen molar-refractivity contribution >= 4 is 17.4 Å². The van der Waals surface area contributed by atoms with Crippen molar-refractivity contribution in [2.24, 2.45) is 5.92 Å². The zero-order valence-electron chi connectivity index (χ0n) is 15.9. The number of carbonyl (C=O) groups is 2. The standard InChI is InChI=1S/C22H24N2O4/c1-15(22(26)23-18-7-8-19-20(13-18)28-14-27-19)24-11-9-17(10-12-24)21(25)16-5-3-2-4-6-16/h2-8,13,15,17H,9-12,14H2,1H3,(H,23,26). The summed E-state index contributed by atoms with van der Waals surface area (Å²) in [7, 11) is 0. The van der Waals surface area contributed by atoms with Crippen LogP contribution in [0.4, 0.5) is 5.69 Å². The Morgan fingerprint density at radius 3 is 2.50 bits per heavy atom. The molecule has 0 aromatic heterocycles. The van der Waals surface area contributed by atoms with Gasteiger partial charge >= 0.3 is 0 Å². The molecule has 1 unspecified atom stereocenters. The first-order valence-electron chi connectivity index (χ1n) is 9.65. The lowest BCUT2D eigenvalue weighted by atomic mass is 9.88. The predicted molar refractivity (Wildman–Crippen MR) is 106 cm³/mol. The zero-order chi connectivity index (χ0) is 19.5. The summed E-state index contributed by atoms with van der Waals surface area (Å²) in [6, 6.07) is 14.6. The summed E-state index contributed by atoms with van der Waals surface area (Å²) in [4.78, 5) is 27.4. The molecule has 2 aliphatic rings. The summed E-state index contributed by atoms with van der Waals surface area (Å²) in [5.41, 5.74) is 1.46. The minimum Gasteiger partial charge on any atom is -0.454 e. The Hall–Kier alpha value is -2.86. The molecule has 2 heterocycles. The maximum atomic E-state index is 12.7. The van der Waals surface area contributed by atoms with Crippen molar-refractivity contribution < 1.29 is 19.1 Å². The van der Waals surface area contributed by atoms with Gasteiger partial charge in [0.1, 0.15) is 0 Å². The molecule has 1 saturated heterocycles. The quantitative estimate of drug-likeness (QED) is 0.806. The molecule has 28 heavy (non-hydrogen) atoms. The van der Waals surface area contributed by atoms with Gasteiger partial charge in [-0.25, -0.2) is 0 Å². The van der Waals surface area contributed by atoms with E-state index >= 15 is 0 Å². The fraction of sp³-hybridized carbons (Fsp3) is 0.364. The van der Waals surface area contributed by atoms with Crippen LogP contribution in [0, 0.1) is 5.92 Å². The first-order chi connectivity index (χ1) is 13.6. The number of likely N-dealkylation sites (tertiary alicyclic amines) is 1. The van der Waals surface area contributed by atoms with Crippen LogP contribution in [0.2, 0.25) is 0 Å². The molecule has 2 aliphatic heterocycles. The summed E-state index contributed by atoms with van der Waals surface area (Å²) in [6.45, 7) is 3.58. The minimum absolute atomic E-state index is 0.0303. The molecule has 2 aromatic rings. The third-order valence-corrected chi connectivity index (χ3v) is 5.53. The van der Waals surface area contributed by atoms with Gasteiger partial charge in [-0.15, -0.1) is 0 Å². The fourth-order valence-corrected chi connectivity index (χ4v) is 3.77. The molecule has 0 bridgehead atoms. The molecule has 6 heteroatoms. The normalized spacial score (nSPS) is 17.9. The number of anilines is 1. The van der Waals surface area contributed by atoms with Crippen LogP contribution in [0.1, 0.15) is 30.1 Å². The number of rotatable bonds is 5. The van der Waals surface area contributed by atoms with E-state index in [4.69, 9.17) is 9.47 Å². The highest BCUT2D eigenvalue weighted by Crippen LogP contribution is 2.34. The molecule has 146 valence electrons. The van der Waals surface area contributed by atoms with Crippen LogP contribution >= 0.6 is 0 Å². The van der Waals surface area contributed by atoms with Gasteiger partial charge in [0.15, 0.2) is 17.3 Å². The highest BCUT2D eigenvalue weighted by Gasteiger charge is 2.30. The van der Waals surface area contributed by atoms with Crippen LogP contribution in [0.25, 0.3) is 0 Å². The van der Waals surface area contributed by atoms with Gasteiger partial charge in [0.25, 0.3) is 0 Å². The molecule has 0 radical (unpaired) electrons. The minimum atomic E-state index is -0.266. The van der Waals surface area contributed by atoms with Crippen molar-refractivity contribution in [3.63, 3.8) is 0 Å². The molecule has 1 N–H and O–H groups in total. The lowest BCUT2D eigenvalue weighted by molar-refractivity contribution is -0.121. The van der Waals surface area contributed by atoms with Crippen LogP contribution in [0.5, 0.6) is 11.5 Å². The number of nitrogens with zero attached hydrogens (tertiary/aromatic N) is 1. The van der Waals surface area contributed by atoms with E-state index in [-0.39, 0.29) is 30.4 Å². The maximum Gasteiger partial charge on any atom is 0.241 e. The zero-order valence-corrected chi connectivity index (χ0v) is 15.9. The Morgan fingerprint density at radius 1 is 1.04 bits per heavy atom.